The van der Waals surface area contributed by atoms with Gasteiger partial charge in [-0.3, -0.25) is 14.6 Å². The van der Waals surface area contributed by atoms with E-state index in [1.165, 1.54) is 0 Å². The zero-order chi connectivity index (χ0) is 20.4. The molecule has 1 N–H and O–H groups in total. The number of fused-ring (bicyclic) bond motifs is 1. The monoisotopic (exact) mass is 392 g/mol. The topological polar surface area (TPSA) is 92.8 Å². The van der Waals surface area contributed by atoms with Crippen LogP contribution in [0.2, 0.25) is 0 Å². The first-order valence-corrected chi connectivity index (χ1v) is 10.1. The molecule has 1 fully saturated rings. The second kappa shape index (κ2) is 8.15. The number of para-hydroxylation sites is 1. The maximum Gasteiger partial charge on any atom is 0.168 e. The van der Waals surface area contributed by atoms with Gasteiger partial charge in [-0.05, 0) is 37.8 Å². The largest absolute Gasteiger partial charge is 0.511 e. The van der Waals surface area contributed by atoms with Crippen LogP contribution in [-0.4, -0.2) is 27.5 Å². The maximum atomic E-state index is 12.6. The van der Waals surface area contributed by atoms with Gasteiger partial charge in [0.05, 0.1) is 28.2 Å². The van der Waals surface area contributed by atoms with E-state index in [0.29, 0.717) is 60.4 Å². The predicted octanol–water partition coefficient (Wildman–Crippen LogP) is 4.77. The number of aliphatic hydroxyl groups excluding tert-OH is 1. The van der Waals surface area contributed by atoms with E-state index in [9.17, 15) is 14.7 Å². The van der Waals surface area contributed by atoms with Gasteiger partial charge in [0.2, 0.25) is 0 Å². The van der Waals surface area contributed by atoms with Crippen LogP contribution in [-0.2, 0) is 17.6 Å². The highest BCUT2D eigenvalue weighted by Gasteiger charge is 2.28. The molecule has 0 saturated heterocycles. The molecule has 6 nitrogen and oxygen atoms in total. The van der Waals surface area contributed by atoms with Crippen LogP contribution in [0.1, 0.15) is 65.9 Å². The lowest BCUT2D eigenvalue weighted by Gasteiger charge is -2.18. The number of carbonyl (C=O) groups excluding carboxylic acids is 2. The van der Waals surface area contributed by atoms with Crippen molar-refractivity contribution in [1.29, 1.82) is 0 Å². The van der Waals surface area contributed by atoms with E-state index >= 15 is 0 Å². The molecule has 1 aromatic carbocycles. The molecule has 0 radical (unpaired) electrons. The molecule has 1 heterocycles. The summed E-state index contributed by atoms with van der Waals surface area (Å²) in [6.07, 6.45) is 4.35. The highest BCUT2D eigenvalue weighted by atomic mass is 16.5. The Hall–Kier alpha value is -3.02. The molecule has 150 valence electrons. The van der Waals surface area contributed by atoms with E-state index in [1.807, 2.05) is 31.2 Å². The van der Waals surface area contributed by atoms with E-state index in [-0.39, 0.29) is 23.7 Å². The van der Waals surface area contributed by atoms with Crippen LogP contribution < -0.4 is 0 Å². The summed E-state index contributed by atoms with van der Waals surface area (Å²) in [7, 11) is 0. The molecule has 4 rings (SSSR count). The Balaban J connectivity index is 1.61. The Kier molecular flexibility index (Phi) is 5.43. The number of aliphatic imine (C=N–C) groups is 1. The van der Waals surface area contributed by atoms with E-state index in [0.717, 1.165) is 24.1 Å². The molecule has 0 amide bonds. The number of aryl methyl sites for hydroxylation is 3. The molecule has 1 saturated carbocycles. The number of rotatable bonds is 4. The Morgan fingerprint density at radius 1 is 1.10 bits per heavy atom. The number of allylic oxidation sites excluding steroid dienone is 2. The minimum absolute atomic E-state index is 0.0158. The summed E-state index contributed by atoms with van der Waals surface area (Å²) in [6, 6.07) is 7.73. The van der Waals surface area contributed by atoms with Gasteiger partial charge in [-0.2, -0.15) is 0 Å². The highest BCUT2D eigenvalue weighted by molar-refractivity contribution is 6.24. The number of Topliss-reactive ketones (excluding diaryl/α,β-unsaturated/α-hetero) is 2. The molecule has 0 atom stereocenters. The van der Waals surface area contributed by atoms with Crippen molar-refractivity contribution in [2.24, 2.45) is 4.99 Å². The van der Waals surface area contributed by atoms with Gasteiger partial charge < -0.3 is 9.63 Å². The van der Waals surface area contributed by atoms with Gasteiger partial charge in [0.15, 0.2) is 11.6 Å². The SMILES string of the molecule is Cc1ccccc1N=C1CCCC(=O)/C1=C(\O)CCc1noc2c1C(=O)CCC2. The van der Waals surface area contributed by atoms with Crippen LogP contribution in [0.15, 0.2) is 45.1 Å². The van der Waals surface area contributed by atoms with Crippen LogP contribution >= 0.6 is 0 Å². The second-order valence-electron chi connectivity index (χ2n) is 7.65. The number of benzene rings is 1. The zero-order valence-electron chi connectivity index (χ0n) is 16.5. The van der Waals surface area contributed by atoms with Crippen LogP contribution in [0.25, 0.3) is 0 Å². The van der Waals surface area contributed by atoms with Crippen molar-refractivity contribution < 1.29 is 19.2 Å². The Morgan fingerprint density at radius 2 is 1.86 bits per heavy atom. The number of nitrogens with zero attached hydrogens (tertiary/aromatic N) is 2. The lowest BCUT2D eigenvalue weighted by atomic mass is 9.88. The van der Waals surface area contributed by atoms with Gasteiger partial charge in [-0.25, -0.2) is 0 Å². The van der Waals surface area contributed by atoms with Crippen molar-refractivity contribution in [3.05, 3.63) is 58.2 Å². The van der Waals surface area contributed by atoms with Crippen molar-refractivity contribution in [2.75, 3.05) is 0 Å². The molecule has 2 aromatic rings. The fraction of sp³-hybridized carbons (Fsp3) is 0.391. The smallest absolute Gasteiger partial charge is 0.168 e. The summed E-state index contributed by atoms with van der Waals surface area (Å²) in [4.78, 5) is 29.5. The first-order chi connectivity index (χ1) is 14.0. The summed E-state index contributed by atoms with van der Waals surface area (Å²) in [5.74, 6) is 0.616. The number of hydrogen-bond donors (Lipinski definition) is 1. The summed E-state index contributed by atoms with van der Waals surface area (Å²) in [5.41, 5.74) is 3.91. The first-order valence-electron chi connectivity index (χ1n) is 10.1. The molecular formula is C23H24N2O4. The molecule has 2 aliphatic rings. The quantitative estimate of drug-likeness (QED) is 0.597. The maximum absolute atomic E-state index is 12.6. The molecule has 0 aliphatic heterocycles. The minimum atomic E-state index is -0.0839. The number of carbonyl (C=O) groups is 2. The number of aliphatic hydroxyl groups is 1. The van der Waals surface area contributed by atoms with Gasteiger partial charge in [0.25, 0.3) is 0 Å². The minimum Gasteiger partial charge on any atom is -0.511 e. The molecule has 0 spiro atoms. The van der Waals surface area contributed by atoms with Crippen molar-refractivity contribution in [3.8, 4) is 0 Å². The van der Waals surface area contributed by atoms with Gasteiger partial charge in [-0.15, -0.1) is 0 Å². The molecule has 0 bridgehead atoms. The molecular weight excluding hydrogens is 368 g/mol. The van der Waals surface area contributed by atoms with Gasteiger partial charge in [0, 0.05) is 32.1 Å². The average Bonchev–Trinajstić information content (AvgIpc) is 3.12. The van der Waals surface area contributed by atoms with Gasteiger partial charge in [0.1, 0.15) is 11.5 Å². The Bertz CT molecular complexity index is 1030. The number of ketones is 2. The zero-order valence-corrected chi connectivity index (χ0v) is 16.5. The normalized spacial score (nSPS) is 20.1. The third kappa shape index (κ3) is 3.92. The van der Waals surface area contributed by atoms with E-state index < -0.39 is 0 Å². The third-order valence-electron chi connectivity index (χ3n) is 5.56. The summed E-state index contributed by atoms with van der Waals surface area (Å²) >= 11 is 0. The lowest BCUT2D eigenvalue weighted by molar-refractivity contribution is -0.115. The molecule has 6 heteroatoms. The molecule has 2 aliphatic carbocycles. The first kappa shape index (κ1) is 19.3. The summed E-state index contributed by atoms with van der Waals surface area (Å²) in [5, 5.41) is 14.8. The average molecular weight is 392 g/mol. The second-order valence-corrected chi connectivity index (χ2v) is 7.65. The molecule has 1 aromatic heterocycles. The fourth-order valence-corrected chi connectivity index (χ4v) is 4.02. The summed E-state index contributed by atoms with van der Waals surface area (Å²) in [6.45, 7) is 1.97. The number of hydrogen-bond acceptors (Lipinski definition) is 6. The van der Waals surface area contributed by atoms with Crippen LogP contribution in [0.5, 0.6) is 0 Å². The molecule has 29 heavy (non-hydrogen) atoms. The predicted molar refractivity (Wildman–Crippen MR) is 109 cm³/mol. The van der Waals surface area contributed by atoms with Crippen LogP contribution in [0.3, 0.4) is 0 Å². The van der Waals surface area contributed by atoms with Crippen LogP contribution in [0.4, 0.5) is 5.69 Å². The van der Waals surface area contributed by atoms with E-state index in [2.05, 4.69) is 10.1 Å². The Labute approximate surface area is 169 Å². The Morgan fingerprint density at radius 3 is 2.69 bits per heavy atom. The van der Waals surface area contributed by atoms with Gasteiger partial charge >= 0.3 is 0 Å². The van der Waals surface area contributed by atoms with Crippen molar-refractivity contribution in [2.45, 2.75) is 58.3 Å². The van der Waals surface area contributed by atoms with Crippen molar-refractivity contribution >= 4 is 23.0 Å². The fourth-order valence-electron chi connectivity index (χ4n) is 4.02. The standard InChI is InChI=1S/C23H24N2O4/c1-14-6-2-3-7-15(14)24-16-8-4-9-18(26)22(16)20(28)13-12-17-23-19(27)10-5-11-21(23)29-25-17/h2-3,6-7,28H,4-5,8-13H2,1H3/b22-20-,24-16?. The van der Waals surface area contributed by atoms with Crippen molar-refractivity contribution in [3.63, 3.8) is 0 Å². The highest BCUT2D eigenvalue weighted by Crippen LogP contribution is 2.29. The number of aromatic nitrogens is 1. The lowest BCUT2D eigenvalue weighted by Crippen LogP contribution is -2.21. The van der Waals surface area contributed by atoms with Gasteiger partial charge in [-0.1, -0.05) is 23.4 Å². The summed E-state index contributed by atoms with van der Waals surface area (Å²) < 4.78 is 5.31. The molecule has 0 unspecified atom stereocenters. The van der Waals surface area contributed by atoms with Crippen molar-refractivity contribution in [1.82, 2.24) is 5.16 Å². The van der Waals surface area contributed by atoms with E-state index in [1.54, 1.807) is 0 Å². The van der Waals surface area contributed by atoms with E-state index in [4.69, 9.17) is 4.52 Å². The van der Waals surface area contributed by atoms with Crippen LogP contribution in [0, 0.1) is 6.92 Å². The third-order valence-corrected chi connectivity index (χ3v) is 5.56.